The van der Waals surface area contributed by atoms with Gasteiger partial charge in [0.15, 0.2) is 0 Å². The van der Waals surface area contributed by atoms with Gasteiger partial charge < -0.3 is 15.3 Å². The monoisotopic (exact) mass is 298 g/mol. The van der Waals surface area contributed by atoms with E-state index in [-0.39, 0.29) is 12.6 Å². The first kappa shape index (κ1) is 12.9. The Labute approximate surface area is 111 Å². The second-order valence-electron chi connectivity index (χ2n) is 4.72. The third kappa shape index (κ3) is 2.81. The zero-order chi connectivity index (χ0) is 12.4. The molecular formula is C13H19BrN2O. The number of aliphatic hydroxyl groups is 1. The number of hydrogen-bond donors (Lipinski definition) is 2. The van der Waals surface area contributed by atoms with Gasteiger partial charge >= 0.3 is 0 Å². The van der Waals surface area contributed by atoms with Gasteiger partial charge in [0.25, 0.3) is 0 Å². The number of halogens is 1. The number of nitrogens with zero attached hydrogens (tertiary/aromatic N) is 1. The molecule has 2 rings (SSSR count). The number of nitrogens with one attached hydrogen (secondary N) is 1. The van der Waals surface area contributed by atoms with Crippen LogP contribution in [0.5, 0.6) is 0 Å². The molecule has 1 aromatic carbocycles. The van der Waals surface area contributed by atoms with E-state index in [1.54, 1.807) is 0 Å². The van der Waals surface area contributed by atoms with E-state index in [1.807, 2.05) is 0 Å². The Bertz CT molecular complexity index is 397. The molecule has 0 spiro atoms. The zero-order valence-electron chi connectivity index (χ0n) is 10.3. The molecule has 4 heteroatoms. The summed E-state index contributed by atoms with van der Waals surface area (Å²) < 4.78 is 1.14. The summed E-state index contributed by atoms with van der Waals surface area (Å²) in [6.07, 6.45) is 0. The van der Waals surface area contributed by atoms with Crippen molar-refractivity contribution in [2.75, 3.05) is 24.6 Å². The quantitative estimate of drug-likeness (QED) is 0.876. The first-order valence-electron chi connectivity index (χ1n) is 5.99. The summed E-state index contributed by atoms with van der Waals surface area (Å²) in [5.74, 6) is 0. The van der Waals surface area contributed by atoms with E-state index >= 15 is 0 Å². The fraction of sp³-hybridized carbons (Fsp3) is 0.538. The lowest BCUT2D eigenvalue weighted by molar-refractivity contribution is 0.227. The number of rotatable bonds is 2. The Morgan fingerprint density at radius 2 is 2.29 bits per heavy atom. The van der Waals surface area contributed by atoms with Crippen LogP contribution in [-0.4, -0.2) is 36.9 Å². The second-order valence-corrected chi connectivity index (χ2v) is 5.58. The van der Waals surface area contributed by atoms with Crippen molar-refractivity contribution in [3.63, 3.8) is 0 Å². The summed E-state index contributed by atoms with van der Waals surface area (Å²) in [6.45, 7) is 6.28. The van der Waals surface area contributed by atoms with Crippen molar-refractivity contribution in [1.82, 2.24) is 5.32 Å². The molecule has 1 aliphatic heterocycles. The number of hydrogen-bond acceptors (Lipinski definition) is 3. The lowest BCUT2D eigenvalue weighted by Gasteiger charge is -2.40. The average molecular weight is 299 g/mol. The molecule has 0 aromatic heterocycles. The number of benzene rings is 1. The molecule has 2 N–H and O–H groups in total. The molecule has 1 saturated heterocycles. The highest BCUT2D eigenvalue weighted by atomic mass is 79.9. The van der Waals surface area contributed by atoms with Crippen LogP contribution in [0.15, 0.2) is 22.7 Å². The third-order valence-corrected chi connectivity index (χ3v) is 4.23. The van der Waals surface area contributed by atoms with Crippen molar-refractivity contribution in [3.8, 4) is 0 Å². The predicted octanol–water partition coefficient (Wildman–Crippen LogP) is 1.92. The van der Waals surface area contributed by atoms with Crippen molar-refractivity contribution in [2.24, 2.45) is 0 Å². The third-order valence-electron chi connectivity index (χ3n) is 3.34. The number of piperazine rings is 1. The summed E-state index contributed by atoms with van der Waals surface area (Å²) in [5.41, 5.74) is 2.48. The van der Waals surface area contributed by atoms with Crippen LogP contribution >= 0.6 is 15.9 Å². The van der Waals surface area contributed by atoms with Crippen LogP contribution in [0.4, 0.5) is 5.69 Å². The maximum Gasteiger partial charge on any atom is 0.0601 e. The van der Waals surface area contributed by atoms with E-state index < -0.39 is 0 Å². The number of aryl methyl sites for hydroxylation is 1. The fourth-order valence-corrected chi connectivity index (χ4v) is 2.47. The first-order chi connectivity index (χ1) is 8.11. The van der Waals surface area contributed by atoms with E-state index in [1.165, 1.54) is 11.3 Å². The largest absolute Gasteiger partial charge is 0.395 e. The summed E-state index contributed by atoms with van der Waals surface area (Å²) in [6, 6.07) is 7.05. The van der Waals surface area contributed by atoms with Gasteiger partial charge in [-0.1, -0.05) is 15.9 Å². The van der Waals surface area contributed by atoms with E-state index in [0.29, 0.717) is 6.04 Å². The van der Waals surface area contributed by atoms with E-state index in [2.05, 4.69) is 58.2 Å². The van der Waals surface area contributed by atoms with Gasteiger partial charge in [-0.3, -0.25) is 0 Å². The van der Waals surface area contributed by atoms with Gasteiger partial charge in [0, 0.05) is 35.3 Å². The minimum Gasteiger partial charge on any atom is -0.395 e. The van der Waals surface area contributed by atoms with Crippen LogP contribution in [0, 0.1) is 6.92 Å². The normalized spacial score (nSPS) is 25.1. The molecule has 0 saturated carbocycles. The van der Waals surface area contributed by atoms with Crippen LogP contribution in [0.3, 0.4) is 0 Å². The Kier molecular flexibility index (Phi) is 4.07. The zero-order valence-corrected chi connectivity index (χ0v) is 11.9. The standard InChI is InChI=1S/C13H19BrN2O/c1-9-5-12(3-4-13(9)14)16-7-11(8-17)15-6-10(16)2/h3-5,10-11,15,17H,6-8H2,1-2H3. The molecule has 0 bridgehead atoms. The highest BCUT2D eigenvalue weighted by Gasteiger charge is 2.24. The van der Waals surface area contributed by atoms with Crippen molar-refractivity contribution >= 4 is 21.6 Å². The summed E-state index contributed by atoms with van der Waals surface area (Å²) in [7, 11) is 0. The Morgan fingerprint density at radius 1 is 1.53 bits per heavy atom. The molecule has 2 atom stereocenters. The van der Waals surface area contributed by atoms with E-state index in [4.69, 9.17) is 0 Å². The Hall–Kier alpha value is -0.580. The van der Waals surface area contributed by atoms with Crippen LogP contribution < -0.4 is 10.2 Å². The molecule has 1 fully saturated rings. The van der Waals surface area contributed by atoms with Crippen LogP contribution in [0.25, 0.3) is 0 Å². The molecule has 94 valence electrons. The minimum atomic E-state index is 0.176. The predicted molar refractivity (Wildman–Crippen MR) is 74.6 cm³/mol. The highest BCUT2D eigenvalue weighted by Crippen LogP contribution is 2.25. The Morgan fingerprint density at radius 3 is 2.94 bits per heavy atom. The van der Waals surface area contributed by atoms with E-state index in [0.717, 1.165) is 17.6 Å². The fourth-order valence-electron chi connectivity index (χ4n) is 2.22. The van der Waals surface area contributed by atoms with Gasteiger partial charge in [0.05, 0.1) is 6.61 Å². The first-order valence-corrected chi connectivity index (χ1v) is 6.78. The topological polar surface area (TPSA) is 35.5 Å². The number of anilines is 1. The molecule has 1 aromatic rings. The van der Waals surface area contributed by atoms with Crippen molar-refractivity contribution in [1.29, 1.82) is 0 Å². The summed E-state index contributed by atoms with van der Waals surface area (Å²) in [5, 5.41) is 12.6. The van der Waals surface area contributed by atoms with Gasteiger partial charge in [0.1, 0.15) is 0 Å². The lowest BCUT2D eigenvalue weighted by atomic mass is 10.1. The lowest BCUT2D eigenvalue weighted by Crippen LogP contribution is -2.56. The van der Waals surface area contributed by atoms with Crippen molar-refractivity contribution in [2.45, 2.75) is 25.9 Å². The van der Waals surface area contributed by atoms with E-state index in [9.17, 15) is 5.11 Å². The Balaban J connectivity index is 2.21. The smallest absolute Gasteiger partial charge is 0.0601 e. The number of aliphatic hydroxyl groups excluding tert-OH is 1. The molecule has 1 heterocycles. The second kappa shape index (κ2) is 5.38. The summed E-state index contributed by atoms with van der Waals surface area (Å²) in [4.78, 5) is 2.36. The van der Waals surface area contributed by atoms with Gasteiger partial charge in [0.2, 0.25) is 0 Å². The molecule has 17 heavy (non-hydrogen) atoms. The summed E-state index contributed by atoms with van der Waals surface area (Å²) >= 11 is 3.52. The molecule has 0 radical (unpaired) electrons. The van der Waals surface area contributed by atoms with Crippen LogP contribution in [0.2, 0.25) is 0 Å². The van der Waals surface area contributed by atoms with Gasteiger partial charge in [-0.2, -0.15) is 0 Å². The van der Waals surface area contributed by atoms with Crippen LogP contribution in [-0.2, 0) is 0 Å². The van der Waals surface area contributed by atoms with Gasteiger partial charge in [-0.25, -0.2) is 0 Å². The molecule has 0 aliphatic carbocycles. The molecule has 1 aliphatic rings. The average Bonchev–Trinajstić information content (AvgIpc) is 2.33. The van der Waals surface area contributed by atoms with Crippen molar-refractivity contribution in [3.05, 3.63) is 28.2 Å². The maximum absolute atomic E-state index is 9.24. The molecular weight excluding hydrogens is 280 g/mol. The minimum absolute atomic E-state index is 0.176. The van der Waals surface area contributed by atoms with Gasteiger partial charge in [-0.15, -0.1) is 0 Å². The molecule has 2 unspecified atom stereocenters. The van der Waals surface area contributed by atoms with Gasteiger partial charge in [-0.05, 0) is 37.6 Å². The maximum atomic E-state index is 9.24. The molecule has 0 amide bonds. The highest BCUT2D eigenvalue weighted by molar-refractivity contribution is 9.10. The van der Waals surface area contributed by atoms with Crippen LogP contribution in [0.1, 0.15) is 12.5 Å². The van der Waals surface area contributed by atoms with Crippen molar-refractivity contribution < 1.29 is 5.11 Å². The molecule has 3 nitrogen and oxygen atoms in total. The SMILES string of the molecule is Cc1cc(N2CC(CO)NCC2C)ccc1Br.